The number of methoxy groups -OCH3 is 1. The SMILES string of the molecule is CCn1nc(C)cc1C(=O)N1CCC[C@@H]1c1c(C)nn(C)c1OC. The summed E-state index contributed by atoms with van der Waals surface area (Å²) in [6, 6.07) is 1.87. The second-order valence-electron chi connectivity index (χ2n) is 6.28. The van der Waals surface area contributed by atoms with Gasteiger partial charge in [-0.1, -0.05) is 0 Å². The van der Waals surface area contributed by atoms with E-state index < -0.39 is 0 Å². The highest BCUT2D eigenvalue weighted by Crippen LogP contribution is 2.39. The molecular weight excluding hydrogens is 306 g/mol. The monoisotopic (exact) mass is 331 g/mol. The molecule has 1 saturated heterocycles. The largest absolute Gasteiger partial charge is 0.481 e. The Hall–Kier alpha value is -2.31. The summed E-state index contributed by atoms with van der Waals surface area (Å²) in [6.07, 6.45) is 1.90. The van der Waals surface area contributed by atoms with Crippen molar-refractivity contribution in [1.29, 1.82) is 0 Å². The second kappa shape index (κ2) is 6.30. The molecule has 0 saturated carbocycles. The Morgan fingerprint density at radius 3 is 2.79 bits per heavy atom. The number of carbonyl (C=O) groups excluding carboxylic acids is 1. The van der Waals surface area contributed by atoms with E-state index in [1.807, 2.05) is 38.8 Å². The van der Waals surface area contributed by atoms with E-state index in [1.54, 1.807) is 16.5 Å². The van der Waals surface area contributed by atoms with Gasteiger partial charge >= 0.3 is 0 Å². The van der Waals surface area contributed by atoms with Crippen molar-refractivity contribution < 1.29 is 9.53 Å². The molecule has 1 atom stereocenters. The maximum absolute atomic E-state index is 13.1. The van der Waals surface area contributed by atoms with Crippen molar-refractivity contribution in [2.75, 3.05) is 13.7 Å². The molecule has 0 bridgehead atoms. The molecule has 1 amide bonds. The van der Waals surface area contributed by atoms with Gasteiger partial charge in [-0.05, 0) is 39.7 Å². The third kappa shape index (κ3) is 2.57. The molecule has 0 N–H and O–H groups in total. The van der Waals surface area contributed by atoms with Crippen molar-refractivity contribution in [3.63, 3.8) is 0 Å². The van der Waals surface area contributed by atoms with E-state index in [9.17, 15) is 4.79 Å². The number of aryl methyl sites for hydroxylation is 4. The Labute approximate surface area is 142 Å². The van der Waals surface area contributed by atoms with Crippen LogP contribution in [-0.2, 0) is 13.6 Å². The normalized spacial score (nSPS) is 17.5. The Bertz CT molecular complexity index is 761. The van der Waals surface area contributed by atoms with Crippen molar-refractivity contribution in [3.05, 3.63) is 28.7 Å². The average Bonchev–Trinajstić information content (AvgIpc) is 3.23. The zero-order chi connectivity index (χ0) is 17.4. The molecule has 24 heavy (non-hydrogen) atoms. The molecule has 2 aromatic heterocycles. The molecule has 1 aliphatic heterocycles. The van der Waals surface area contributed by atoms with Gasteiger partial charge < -0.3 is 9.64 Å². The van der Waals surface area contributed by atoms with E-state index in [1.165, 1.54) is 0 Å². The molecule has 3 rings (SSSR count). The minimum absolute atomic E-state index is 0.00154. The molecule has 0 aliphatic carbocycles. The zero-order valence-corrected chi connectivity index (χ0v) is 15.0. The van der Waals surface area contributed by atoms with Gasteiger partial charge in [-0.3, -0.25) is 9.48 Å². The third-order valence-corrected chi connectivity index (χ3v) is 4.68. The Morgan fingerprint density at radius 1 is 1.38 bits per heavy atom. The van der Waals surface area contributed by atoms with Crippen LogP contribution < -0.4 is 4.74 Å². The van der Waals surface area contributed by atoms with Crippen LogP contribution in [0.1, 0.15) is 53.2 Å². The van der Waals surface area contributed by atoms with Crippen molar-refractivity contribution in [3.8, 4) is 5.88 Å². The number of rotatable bonds is 4. The number of hydrogen-bond donors (Lipinski definition) is 0. The van der Waals surface area contributed by atoms with Gasteiger partial charge in [0.05, 0.1) is 30.1 Å². The Balaban J connectivity index is 1.98. The fraction of sp³-hybridized carbons (Fsp3) is 0.588. The minimum atomic E-state index is 0.00154. The highest BCUT2D eigenvalue weighted by Gasteiger charge is 2.36. The van der Waals surface area contributed by atoms with Crippen molar-refractivity contribution >= 4 is 5.91 Å². The van der Waals surface area contributed by atoms with Gasteiger partial charge in [0.25, 0.3) is 5.91 Å². The maximum Gasteiger partial charge on any atom is 0.272 e. The molecule has 0 unspecified atom stereocenters. The van der Waals surface area contributed by atoms with Crippen LogP contribution in [0.3, 0.4) is 0 Å². The second-order valence-corrected chi connectivity index (χ2v) is 6.28. The summed E-state index contributed by atoms with van der Waals surface area (Å²) in [5, 5.41) is 8.87. The quantitative estimate of drug-likeness (QED) is 0.862. The van der Waals surface area contributed by atoms with E-state index in [4.69, 9.17) is 4.74 Å². The predicted octanol–water partition coefficient (Wildman–Crippen LogP) is 2.24. The molecule has 1 aliphatic rings. The van der Waals surface area contributed by atoms with E-state index in [0.29, 0.717) is 12.2 Å². The van der Waals surface area contributed by atoms with Crippen LogP contribution in [0.2, 0.25) is 0 Å². The first-order chi connectivity index (χ1) is 11.5. The zero-order valence-electron chi connectivity index (χ0n) is 15.0. The lowest BCUT2D eigenvalue weighted by Gasteiger charge is -2.25. The molecule has 3 heterocycles. The van der Waals surface area contributed by atoms with Crippen molar-refractivity contribution in [2.45, 2.75) is 46.2 Å². The van der Waals surface area contributed by atoms with Gasteiger partial charge in [-0.15, -0.1) is 0 Å². The highest BCUT2D eigenvalue weighted by molar-refractivity contribution is 5.93. The van der Waals surface area contributed by atoms with Crippen LogP contribution in [0, 0.1) is 13.8 Å². The van der Waals surface area contributed by atoms with Crippen LogP contribution in [0.5, 0.6) is 5.88 Å². The van der Waals surface area contributed by atoms with Crippen molar-refractivity contribution in [2.24, 2.45) is 7.05 Å². The summed E-state index contributed by atoms with van der Waals surface area (Å²) in [7, 11) is 3.52. The summed E-state index contributed by atoms with van der Waals surface area (Å²) in [6.45, 7) is 7.31. The van der Waals surface area contributed by atoms with E-state index in [2.05, 4.69) is 10.2 Å². The lowest BCUT2D eigenvalue weighted by molar-refractivity contribution is 0.0721. The van der Waals surface area contributed by atoms with Gasteiger partial charge in [0.15, 0.2) is 0 Å². The summed E-state index contributed by atoms with van der Waals surface area (Å²) >= 11 is 0. The molecule has 1 fully saturated rings. The summed E-state index contributed by atoms with van der Waals surface area (Å²) in [5.74, 6) is 0.766. The topological polar surface area (TPSA) is 65.2 Å². The summed E-state index contributed by atoms with van der Waals surface area (Å²) in [5.41, 5.74) is 3.46. The first kappa shape index (κ1) is 16.5. The number of aromatic nitrogens is 4. The van der Waals surface area contributed by atoms with E-state index in [0.717, 1.165) is 42.2 Å². The van der Waals surface area contributed by atoms with Gasteiger partial charge in [-0.25, -0.2) is 4.68 Å². The number of nitrogens with zero attached hydrogens (tertiary/aromatic N) is 5. The Kier molecular flexibility index (Phi) is 4.34. The van der Waals surface area contributed by atoms with E-state index in [-0.39, 0.29) is 11.9 Å². The molecule has 7 heteroatoms. The fourth-order valence-electron chi connectivity index (χ4n) is 3.69. The molecule has 0 spiro atoms. The highest BCUT2D eigenvalue weighted by atomic mass is 16.5. The molecule has 130 valence electrons. The standard InChI is InChI=1S/C17H25N5O2/c1-6-22-14(10-11(2)18-22)16(23)21-9-7-8-13(21)15-12(3)19-20(4)17(15)24-5/h10,13H,6-9H2,1-5H3/t13-/m1/s1. The van der Waals surface area contributed by atoms with Gasteiger partial charge in [0, 0.05) is 20.1 Å². The van der Waals surface area contributed by atoms with Crippen LogP contribution in [-0.4, -0.2) is 44.0 Å². The first-order valence-corrected chi connectivity index (χ1v) is 8.40. The maximum atomic E-state index is 13.1. The predicted molar refractivity (Wildman–Crippen MR) is 90.1 cm³/mol. The van der Waals surface area contributed by atoms with Gasteiger partial charge in [0.2, 0.25) is 5.88 Å². The summed E-state index contributed by atoms with van der Waals surface area (Å²) in [4.78, 5) is 15.1. The van der Waals surface area contributed by atoms with Crippen LogP contribution in [0.25, 0.3) is 0 Å². The van der Waals surface area contributed by atoms with E-state index >= 15 is 0 Å². The van der Waals surface area contributed by atoms with Crippen molar-refractivity contribution in [1.82, 2.24) is 24.5 Å². The molecule has 0 aromatic carbocycles. The molecular formula is C17H25N5O2. The smallest absolute Gasteiger partial charge is 0.272 e. The molecule has 7 nitrogen and oxygen atoms in total. The number of amides is 1. The van der Waals surface area contributed by atoms with Crippen LogP contribution in [0.15, 0.2) is 6.07 Å². The number of ether oxygens (including phenoxy) is 1. The van der Waals surface area contributed by atoms with Gasteiger partial charge in [0.1, 0.15) is 5.69 Å². The summed E-state index contributed by atoms with van der Waals surface area (Å²) < 4.78 is 9.06. The lowest BCUT2D eigenvalue weighted by atomic mass is 10.0. The fourth-order valence-corrected chi connectivity index (χ4v) is 3.69. The number of carbonyl (C=O) groups is 1. The van der Waals surface area contributed by atoms with Gasteiger partial charge in [-0.2, -0.15) is 10.2 Å². The first-order valence-electron chi connectivity index (χ1n) is 8.40. The number of likely N-dealkylation sites (tertiary alicyclic amines) is 1. The van der Waals surface area contributed by atoms with Crippen LogP contribution >= 0.6 is 0 Å². The third-order valence-electron chi connectivity index (χ3n) is 4.68. The average molecular weight is 331 g/mol. The Morgan fingerprint density at radius 2 is 2.12 bits per heavy atom. The lowest BCUT2D eigenvalue weighted by Crippen LogP contribution is -2.32. The minimum Gasteiger partial charge on any atom is -0.481 e. The molecule has 2 aromatic rings. The molecule has 0 radical (unpaired) electrons. The number of hydrogen-bond acceptors (Lipinski definition) is 4. The van der Waals surface area contributed by atoms with Crippen LogP contribution in [0.4, 0.5) is 0 Å².